The predicted molar refractivity (Wildman–Crippen MR) is 85.7 cm³/mol. The molecule has 2 aromatic rings. The van der Waals surface area contributed by atoms with Gasteiger partial charge in [-0.25, -0.2) is 0 Å². The van der Waals surface area contributed by atoms with Crippen LogP contribution in [0.15, 0.2) is 36.4 Å². The Morgan fingerprint density at radius 2 is 1.85 bits per heavy atom. The fourth-order valence-electron chi connectivity index (χ4n) is 2.35. The highest BCUT2D eigenvalue weighted by Gasteiger charge is 2.13. The maximum absolute atomic E-state index is 11.6. The molecule has 2 rings (SSSR count). The van der Waals surface area contributed by atoms with Gasteiger partial charge >= 0.3 is 0 Å². The van der Waals surface area contributed by atoms with Crippen molar-refractivity contribution in [3.05, 3.63) is 58.1 Å². The minimum absolute atomic E-state index is 0.0480. The van der Waals surface area contributed by atoms with Gasteiger partial charge in [-0.15, -0.1) is 0 Å². The lowest BCUT2D eigenvalue weighted by atomic mass is 9.94. The lowest BCUT2D eigenvalue weighted by Crippen LogP contribution is -1.98. The molecule has 1 nitrogen and oxygen atoms in total. The van der Waals surface area contributed by atoms with E-state index in [1.54, 1.807) is 6.92 Å². The fraction of sp³-hybridized carbons (Fsp3) is 0.278. The third kappa shape index (κ3) is 2.78. The van der Waals surface area contributed by atoms with Crippen molar-refractivity contribution >= 4 is 17.4 Å². The van der Waals surface area contributed by atoms with E-state index in [2.05, 4.69) is 38.1 Å². The van der Waals surface area contributed by atoms with E-state index in [0.717, 1.165) is 16.7 Å². The molecule has 0 radical (unpaired) electrons. The number of rotatable bonds is 3. The van der Waals surface area contributed by atoms with Crippen LogP contribution < -0.4 is 0 Å². The summed E-state index contributed by atoms with van der Waals surface area (Å²) in [6.07, 6.45) is 0. The molecule has 0 fully saturated rings. The highest BCUT2D eigenvalue weighted by molar-refractivity contribution is 6.34. The molecule has 0 N–H and O–H groups in total. The van der Waals surface area contributed by atoms with Crippen molar-refractivity contribution in [3.63, 3.8) is 0 Å². The summed E-state index contributed by atoms with van der Waals surface area (Å²) < 4.78 is 0. The summed E-state index contributed by atoms with van der Waals surface area (Å²) in [5.41, 5.74) is 4.91. The SMILES string of the molecule is CC(=O)c1ccc(-c2cccc(C(C)C)c2)c(Cl)c1C. The van der Waals surface area contributed by atoms with Crippen LogP contribution in [0.3, 0.4) is 0 Å². The first-order chi connectivity index (χ1) is 9.41. The maximum Gasteiger partial charge on any atom is 0.160 e. The van der Waals surface area contributed by atoms with Crippen molar-refractivity contribution in [1.82, 2.24) is 0 Å². The zero-order valence-electron chi connectivity index (χ0n) is 12.3. The highest BCUT2D eigenvalue weighted by atomic mass is 35.5. The third-order valence-electron chi connectivity index (χ3n) is 3.63. The molecule has 0 atom stereocenters. The second kappa shape index (κ2) is 5.80. The summed E-state index contributed by atoms with van der Waals surface area (Å²) in [6, 6.07) is 12.2. The molecule has 0 spiro atoms. The summed E-state index contributed by atoms with van der Waals surface area (Å²) in [6.45, 7) is 7.81. The Morgan fingerprint density at radius 3 is 2.45 bits per heavy atom. The van der Waals surface area contributed by atoms with Crippen LogP contribution >= 0.6 is 11.6 Å². The molecule has 0 aliphatic carbocycles. The average molecular weight is 287 g/mol. The van der Waals surface area contributed by atoms with E-state index in [4.69, 9.17) is 11.6 Å². The van der Waals surface area contributed by atoms with Crippen molar-refractivity contribution in [2.45, 2.75) is 33.6 Å². The summed E-state index contributed by atoms with van der Waals surface area (Å²) in [7, 11) is 0. The molecule has 0 bridgehead atoms. The van der Waals surface area contributed by atoms with Crippen LogP contribution in [0.2, 0.25) is 5.02 Å². The maximum atomic E-state index is 11.6. The third-order valence-corrected chi connectivity index (χ3v) is 4.12. The van der Waals surface area contributed by atoms with Gasteiger partial charge in [0.2, 0.25) is 0 Å². The smallest absolute Gasteiger partial charge is 0.160 e. The van der Waals surface area contributed by atoms with Gasteiger partial charge in [0.1, 0.15) is 0 Å². The number of carbonyl (C=O) groups is 1. The monoisotopic (exact) mass is 286 g/mol. The minimum Gasteiger partial charge on any atom is -0.295 e. The lowest BCUT2D eigenvalue weighted by molar-refractivity contribution is 0.101. The summed E-state index contributed by atoms with van der Waals surface area (Å²) in [5.74, 6) is 0.526. The Labute approximate surface area is 125 Å². The Hall–Kier alpha value is -1.60. The van der Waals surface area contributed by atoms with E-state index in [1.807, 2.05) is 19.1 Å². The van der Waals surface area contributed by atoms with E-state index in [9.17, 15) is 4.79 Å². The Morgan fingerprint density at radius 1 is 1.15 bits per heavy atom. The van der Waals surface area contributed by atoms with Gasteiger partial charge in [-0.3, -0.25) is 4.79 Å². The molecule has 2 heteroatoms. The molecule has 2 aromatic carbocycles. The lowest BCUT2D eigenvalue weighted by Gasteiger charge is -2.12. The molecule has 0 heterocycles. The molecule has 0 amide bonds. The van der Waals surface area contributed by atoms with Crippen molar-refractivity contribution in [3.8, 4) is 11.1 Å². The number of Topliss-reactive ketones (excluding diaryl/α,β-unsaturated/α-hetero) is 1. The van der Waals surface area contributed by atoms with Gasteiger partial charge in [-0.1, -0.05) is 61.8 Å². The van der Waals surface area contributed by atoms with Gasteiger partial charge in [-0.05, 0) is 36.5 Å². The van der Waals surface area contributed by atoms with Crippen LogP contribution in [0.1, 0.15) is 48.2 Å². The first-order valence-corrected chi connectivity index (χ1v) is 7.20. The van der Waals surface area contributed by atoms with E-state index >= 15 is 0 Å². The van der Waals surface area contributed by atoms with Gasteiger partial charge in [0, 0.05) is 11.1 Å². The van der Waals surface area contributed by atoms with Crippen LogP contribution in [0, 0.1) is 6.92 Å². The molecule has 0 aliphatic rings. The van der Waals surface area contributed by atoms with Gasteiger partial charge in [0.15, 0.2) is 5.78 Å². The average Bonchev–Trinajstić information content (AvgIpc) is 2.41. The number of hydrogen-bond acceptors (Lipinski definition) is 1. The number of halogens is 1. The molecule has 0 aromatic heterocycles. The van der Waals surface area contributed by atoms with Crippen molar-refractivity contribution in [2.24, 2.45) is 0 Å². The summed E-state index contributed by atoms with van der Waals surface area (Å²) in [5, 5.41) is 0.665. The quantitative estimate of drug-likeness (QED) is 0.667. The number of hydrogen-bond donors (Lipinski definition) is 0. The minimum atomic E-state index is 0.0480. The van der Waals surface area contributed by atoms with Crippen LogP contribution in [-0.4, -0.2) is 5.78 Å². The molecule has 0 saturated carbocycles. The second-order valence-electron chi connectivity index (χ2n) is 5.44. The highest BCUT2D eigenvalue weighted by Crippen LogP contribution is 2.33. The predicted octanol–water partition coefficient (Wildman–Crippen LogP) is 5.64. The Kier molecular flexibility index (Phi) is 4.29. The number of carbonyl (C=O) groups excluding carboxylic acids is 1. The first kappa shape index (κ1) is 14.8. The van der Waals surface area contributed by atoms with Crippen LogP contribution in [-0.2, 0) is 0 Å². The van der Waals surface area contributed by atoms with E-state index in [1.165, 1.54) is 5.56 Å². The normalized spacial score (nSPS) is 10.9. The van der Waals surface area contributed by atoms with E-state index in [0.29, 0.717) is 16.5 Å². The fourth-order valence-corrected chi connectivity index (χ4v) is 2.63. The molecule has 0 aliphatic heterocycles. The largest absolute Gasteiger partial charge is 0.295 e. The van der Waals surface area contributed by atoms with Crippen molar-refractivity contribution in [2.75, 3.05) is 0 Å². The summed E-state index contributed by atoms with van der Waals surface area (Å²) in [4.78, 5) is 11.6. The van der Waals surface area contributed by atoms with Gasteiger partial charge < -0.3 is 0 Å². The van der Waals surface area contributed by atoms with E-state index < -0.39 is 0 Å². The number of benzene rings is 2. The molecule has 0 unspecified atom stereocenters. The van der Waals surface area contributed by atoms with Gasteiger partial charge in [0.25, 0.3) is 0 Å². The standard InChI is InChI=1S/C18H19ClO/c1-11(2)14-6-5-7-15(10-14)17-9-8-16(13(4)20)12(3)18(17)19/h5-11H,1-4H3. The molecule has 0 saturated heterocycles. The molecular weight excluding hydrogens is 268 g/mol. The second-order valence-corrected chi connectivity index (χ2v) is 5.81. The van der Waals surface area contributed by atoms with Gasteiger partial charge in [-0.2, -0.15) is 0 Å². The number of ketones is 1. The zero-order chi connectivity index (χ0) is 14.9. The molecule has 104 valence electrons. The Balaban J connectivity index is 2.56. The molecular formula is C18H19ClO. The van der Waals surface area contributed by atoms with Crippen LogP contribution in [0.25, 0.3) is 11.1 Å². The van der Waals surface area contributed by atoms with Crippen molar-refractivity contribution < 1.29 is 4.79 Å². The first-order valence-electron chi connectivity index (χ1n) is 6.82. The zero-order valence-corrected chi connectivity index (χ0v) is 13.1. The van der Waals surface area contributed by atoms with Gasteiger partial charge in [0.05, 0.1) is 5.02 Å². The van der Waals surface area contributed by atoms with Crippen LogP contribution in [0.4, 0.5) is 0 Å². The topological polar surface area (TPSA) is 17.1 Å². The van der Waals surface area contributed by atoms with E-state index in [-0.39, 0.29) is 5.78 Å². The van der Waals surface area contributed by atoms with Crippen LogP contribution in [0.5, 0.6) is 0 Å². The summed E-state index contributed by atoms with van der Waals surface area (Å²) >= 11 is 6.46. The molecule has 20 heavy (non-hydrogen) atoms. The Bertz CT molecular complexity index is 656. The van der Waals surface area contributed by atoms with Crippen molar-refractivity contribution in [1.29, 1.82) is 0 Å².